The topological polar surface area (TPSA) is 52.7 Å². The second-order valence-corrected chi connectivity index (χ2v) is 9.33. The molecule has 0 atom stereocenters. The Morgan fingerprint density at radius 2 is 1.57 bits per heavy atom. The summed E-state index contributed by atoms with van der Waals surface area (Å²) in [6, 6.07) is 10.3. The second kappa shape index (κ2) is 8.42. The van der Waals surface area contributed by atoms with Crippen molar-refractivity contribution in [1.82, 2.24) is 19.3 Å². The zero-order valence-electron chi connectivity index (χ0n) is 17.6. The van der Waals surface area contributed by atoms with Gasteiger partial charge in [-0.1, -0.05) is 42.1 Å². The number of thioether (sulfide) groups is 1. The van der Waals surface area contributed by atoms with Crippen LogP contribution in [-0.4, -0.2) is 31.0 Å². The highest BCUT2D eigenvalue weighted by Crippen LogP contribution is 2.35. The van der Waals surface area contributed by atoms with Crippen LogP contribution in [0, 0.1) is 6.92 Å². The van der Waals surface area contributed by atoms with Crippen LogP contribution in [-0.2, 0) is 32.2 Å². The predicted octanol–water partition coefficient (Wildman–Crippen LogP) is 4.63. The van der Waals surface area contributed by atoms with E-state index in [2.05, 4.69) is 31.5 Å². The third-order valence-electron chi connectivity index (χ3n) is 6.44. The lowest BCUT2D eigenvalue weighted by Gasteiger charge is -2.16. The minimum atomic E-state index is 0.202. The average molecular weight is 421 g/mol. The second-order valence-electron chi connectivity index (χ2n) is 8.38. The van der Waals surface area contributed by atoms with Gasteiger partial charge >= 0.3 is 0 Å². The Bertz CT molecular complexity index is 1030. The van der Waals surface area contributed by atoms with Crippen molar-refractivity contribution in [3.8, 4) is 0 Å². The number of benzene rings is 1. The fourth-order valence-electron chi connectivity index (χ4n) is 4.99. The normalized spacial score (nSPS) is 15.6. The van der Waals surface area contributed by atoms with Crippen molar-refractivity contribution in [2.75, 3.05) is 5.75 Å². The van der Waals surface area contributed by atoms with Gasteiger partial charge in [-0.05, 0) is 75.0 Å². The Hall–Kier alpha value is -2.34. The highest BCUT2D eigenvalue weighted by molar-refractivity contribution is 7.99. The molecule has 30 heavy (non-hydrogen) atoms. The Morgan fingerprint density at radius 1 is 0.933 bits per heavy atom. The van der Waals surface area contributed by atoms with Crippen LogP contribution in [0.3, 0.4) is 0 Å². The number of carbonyl (C=O) groups excluding carboxylic acids is 1. The van der Waals surface area contributed by atoms with E-state index in [1.807, 2.05) is 25.1 Å². The Balaban J connectivity index is 1.37. The number of aryl methyl sites for hydroxylation is 1. The van der Waals surface area contributed by atoms with E-state index in [9.17, 15) is 4.79 Å². The Kier molecular flexibility index (Phi) is 5.50. The van der Waals surface area contributed by atoms with Gasteiger partial charge in [0.15, 0.2) is 5.16 Å². The van der Waals surface area contributed by atoms with Gasteiger partial charge in [0.25, 0.3) is 0 Å². The Morgan fingerprint density at radius 3 is 2.23 bits per heavy atom. The predicted molar refractivity (Wildman–Crippen MR) is 119 cm³/mol. The summed E-state index contributed by atoms with van der Waals surface area (Å²) in [5, 5.41) is 9.44. The summed E-state index contributed by atoms with van der Waals surface area (Å²) in [4.78, 5) is 13.4. The van der Waals surface area contributed by atoms with Crippen LogP contribution in [0.15, 0.2) is 35.5 Å². The van der Waals surface area contributed by atoms with Crippen LogP contribution >= 0.6 is 11.8 Å². The van der Waals surface area contributed by atoms with Gasteiger partial charge in [-0.25, -0.2) is 0 Å². The first-order valence-electron chi connectivity index (χ1n) is 11.1. The fourth-order valence-corrected chi connectivity index (χ4v) is 5.83. The maximum Gasteiger partial charge on any atom is 0.241 e. The fraction of sp³-hybridized carbons (Fsp3) is 0.458. The molecule has 0 amide bonds. The number of aromatic nitrogens is 4. The zero-order valence-corrected chi connectivity index (χ0v) is 18.4. The monoisotopic (exact) mass is 420 g/mol. The molecule has 0 fully saturated rings. The molecule has 0 N–H and O–H groups in total. The van der Waals surface area contributed by atoms with E-state index in [0.717, 1.165) is 43.2 Å². The molecule has 0 saturated heterocycles. The van der Waals surface area contributed by atoms with Crippen LogP contribution in [0.1, 0.15) is 64.4 Å². The van der Waals surface area contributed by atoms with E-state index in [0.29, 0.717) is 5.75 Å². The molecule has 5 nitrogen and oxygen atoms in total. The van der Waals surface area contributed by atoms with Crippen molar-refractivity contribution >= 4 is 17.7 Å². The molecular formula is C24H28N4OS. The van der Waals surface area contributed by atoms with Crippen molar-refractivity contribution < 1.29 is 4.79 Å². The van der Waals surface area contributed by atoms with Crippen LogP contribution < -0.4 is 0 Å². The van der Waals surface area contributed by atoms with Crippen LogP contribution in [0.4, 0.5) is 0 Å². The van der Waals surface area contributed by atoms with Gasteiger partial charge in [0.2, 0.25) is 5.91 Å². The van der Waals surface area contributed by atoms with Gasteiger partial charge in [0.1, 0.15) is 5.82 Å². The molecular weight excluding hydrogens is 392 g/mol. The molecule has 5 rings (SSSR count). The first-order valence-corrected chi connectivity index (χ1v) is 12.0. The summed E-state index contributed by atoms with van der Waals surface area (Å²) >= 11 is 1.51. The molecule has 1 aromatic carbocycles. The molecule has 2 aliphatic carbocycles. The molecule has 0 bridgehead atoms. The smallest absolute Gasteiger partial charge is 0.241 e. The maximum absolute atomic E-state index is 13.4. The van der Waals surface area contributed by atoms with E-state index in [1.54, 1.807) is 0 Å². The molecule has 2 aromatic heterocycles. The standard InChI is InChI=1S/C24H28N4OS/c1-17-25-26-24(27(17)15-18-9-3-2-4-10-18)30-16-23(29)28-21-13-7-5-11-19(21)20-12-6-8-14-22(20)28/h2-4,9-10H,5-8,11-16H2,1H3. The van der Waals surface area contributed by atoms with Crippen LogP contribution in [0.2, 0.25) is 0 Å². The largest absolute Gasteiger partial charge is 0.302 e. The van der Waals surface area contributed by atoms with Gasteiger partial charge in [-0.3, -0.25) is 9.36 Å². The van der Waals surface area contributed by atoms with Crippen molar-refractivity contribution in [2.45, 2.75) is 70.0 Å². The first-order chi connectivity index (χ1) is 14.7. The summed E-state index contributed by atoms with van der Waals surface area (Å²) < 4.78 is 4.20. The third-order valence-corrected chi connectivity index (χ3v) is 7.39. The first kappa shape index (κ1) is 19.6. The van der Waals surface area contributed by atoms with E-state index in [-0.39, 0.29) is 5.91 Å². The number of nitrogens with zero attached hydrogens (tertiary/aromatic N) is 4. The van der Waals surface area contributed by atoms with Crippen molar-refractivity contribution in [1.29, 1.82) is 0 Å². The highest BCUT2D eigenvalue weighted by Gasteiger charge is 2.29. The summed E-state index contributed by atoms with van der Waals surface area (Å²) in [6.07, 6.45) is 9.29. The van der Waals surface area contributed by atoms with E-state index in [1.165, 1.54) is 65.5 Å². The maximum atomic E-state index is 13.4. The number of rotatable bonds is 5. The van der Waals surface area contributed by atoms with Crippen LogP contribution in [0.5, 0.6) is 0 Å². The number of fused-ring (bicyclic) bond motifs is 3. The molecule has 0 radical (unpaired) electrons. The highest BCUT2D eigenvalue weighted by atomic mass is 32.2. The molecule has 0 spiro atoms. The number of hydrogen-bond acceptors (Lipinski definition) is 4. The number of hydrogen-bond donors (Lipinski definition) is 0. The summed E-state index contributed by atoms with van der Waals surface area (Å²) in [5.41, 5.74) is 6.82. The lowest BCUT2D eigenvalue weighted by atomic mass is 9.89. The number of carbonyl (C=O) groups is 1. The van der Waals surface area contributed by atoms with Crippen LogP contribution in [0.25, 0.3) is 0 Å². The molecule has 0 saturated carbocycles. The van der Waals surface area contributed by atoms with Gasteiger partial charge < -0.3 is 4.57 Å². The van der Waals surface area contributed by atoms with E-state index in [4.69, 9.17) is 0 Å². The van der Waals surface area contributed by atoms with E-state index >= 15 is 0 Å². The Labute approximate surface area is 181 Å². The summed E-state index contributed by atoms with van der Waals surface area (Å²) in [6.45, 7) is 2.70. The molecule has 6 heteroatoms. The third kappa shape index (κ3) is 3.62. The molecule has 0 aliphatic heterocycles. The van der Waals surface area contributed by atoms with Crippen molar-refractivity contribution in [2.24, 2.45) is 0 Å². The molecule has 3 aromatic rings. The lowest BCUT2D eigenvalue weighted by molar-refractivity contribution is 0.0934. The average Bonchev–Trinajstić information content (AvgIpc) is 3.31. The van der Waals surface area contributed by atoms with Gasteiger partial charge in [-0.15, -0.1) is 10.2 Å². The lowest BCUT2D eigenvalue weighted by Crippen LogP contribution is -2.21. The minimum Gasteiger partial charge on any atom is -0.302 e. The van der Waals surface area contributed by atoms with Gasteiger partial charge in [0, 0.05) is 11.4 Å². The molecule has 156 valence electrons. The molecule has 0 unspecified atom stereocenters. The van der Waals surface area contributed by atoms with Crippen molar-refractivity contribution in [3.05, 3.63) is 64.2 Å². The quantitative estimate of drug-likeness (QED) is 0.565. The summed E-state index contributed by atoms with van der Waals surface area (Å²) in [5.74, 6) is 1.48. The van der Waals surface area contributed by atoms with Gasteiger partial charge in [0.05, 0.1) is 12.3 Å². The molecule has 2 heterocycles. The molecule has 2 aliphatic rings. The van der Waals surface area contributed by atoms with Gasteiger partial charge in [-0.2, -0.15) is 0 Å². The SMILES string of the molecule is Cc1nnc(SCC(=O)n2c3c(c4c2CCCC4)CCCC3)n1Cc1ccccc1. The minimum absolute atomic E-state index is 0.202. The summed E-state index contributed by atoms with van der Waals surface area (Å²) in [7, 11) is 0. The zero-order chi connectivity index (χ0) is 20.5. The van der Waals surface area contributed by atoms with Crippen molar-refractivity contribution in [3.63, 3.8) is 0 Å². The van der Waals surface area contributed by atoms with E-state index < -0.39 is 0 Å².